The molecule has 0 fully saturated rings. The first-order valence-electron chi connectivity index (χ1n) is 5.39. The number of aryl methyl sites for hydroxylation is 1. The summed E-state index contributed by atoms with van der Waals surface area (Å²) in [6.07, 6.45) is 0. The highest BCUT2D eigenvalue weighted by Gasteiger charge is 2.03. The van der Waals surface area contributed by atoms with Crippen LogP contribution in [0.15, 0.2) is 42.5 Å². The third kappa shape index (κ3) is 2.75. The standard InChI is InChI=1S/C14H14FNO/c1-10-6-7-12(15)8-11(10)9-17-14-5-3-2-4-13(14)16/h2-8H,9,16H2,1H3. The van der Waals surface area contributed by atoms with E-state index in [0.717, 1.165) is 11.1 Å². The van der Waals surface area contributed by atoms with Gasteiger partial charge in [-0.2, -0.15) is 0 Å². The van der Waals surface area contributed by atoms with Gasteiger partial charge in [0, 0.05) is 0 Å². The molecule has 0 saturated carbocycles. The second-order valence-electron chi connectivity index (χ2n) is 3.90. The fourth-order valence-electron chi connectivity index (χ4n) is 1.56. The van der Waals surface area contributed by atoms with Crippen LogP contribution in [0.5, 0.6) is 5.75 Å². The van der Waals surface area contributed by atoms with E-state index in [2.05, 4.69) is 0 Å². The monoisotopic (exact) mass is 231 g/mol. The lowest BCUT2D eigenvalue weighted by atomic mass is 10.1. The molecular formula is C14H14FNO. The van der Waals surface area contributed by atoms with Gasteiger partial charge in [0.25, 0.3) is 0 Å². The first kappa shape index (κ1) is 11.5. The predicted molar refractivity (Wildman–Crippen MR) is 66.3 cm³/mol. The molecule has 0 spiro atoms. The van der Waals surface area contributed by atoms with Crippen molar-refractivity contribution in [1.29, 1.82) is 0 Å². The maximum absolute atomic E-state index is 13.1. The average molecular weight is 231 g/mol. The van der Waals surface area contributed by atoms with E-state index in [4.69, 9.17) is 10.5 Å². The Hall–Kier alpha value is -2.03. The topological polar surface area (TPSA) is 35.2 Å². The smallest absolute Gasteiger partial charge is 0.142 e. The lowest BCUT2D eigenvalue weighted by molar-refractivity contribution is 0.306. The molecule has 0 aromatic heterocycles. The van der Waals surface area contributed by atoms with Crippen LogP contribution in [0.1, 0.15) is 11.1 Å². The first-order valence-corrected chi connectivity index (χ1v) is 5.39. The normalized spacial score (nSPS) is 10.2. The summed E-state index contributed by atoms with van der Waals surface area (Å²) >= 11 is 0. The quantitative estimate of drug-likeness (QED) is 0.822. The molecule has 2 rings (SSSR count). The zero-order valence-electron chi connectivity index (χ0n) is 9.61. The second kappa shape index (κ2) is 4.87. The van der Waals surface area contributed by atoms with Gasteiger partial charge >= 0.3 is 0 Å². The van der Waals surface area contributed by atoms with Crippen LogP contribution in [0.25, 0.3) is 0 Å². The molecule has 0 heterocycles. The van der Waals surface area contributed by atoms with Crippen LogP contribution < -0.4 is 10.5 Å². The number of nitrogens with two attached hydrogens (primary N) is 1. The van der Waals surface area contributed by atoms with Crippen molar-refractivity contribution in [3.8, 4) is 5.75 Å². The molecule has 0 atom stereocenters. The molecule has 2 N–H and O–H groups in total. The molecule has 2 aromatic rings. The van der Waals surface area contributed by atoms with E-state index in [9.17, 15) is 4.39 Å². The zero-order valence-corrected chi connectivity index (χ0v) is 9.61. The third-order valence-electron chi connectivity index (χ3n) is 2.61. The number of benzene rings is 2. The van der Waals surface area contributed by atoms with E-state index in [1.165, 1.54) is 12.1 Å². The van der Waals surface area contributed by atoms with Gasteiger partial charge in [0.05, 0.1) is 5.69 Å². The SMILES string of the molecule is Cc1ccc(F)cc1COc1ccccc1N. The number of halogens is 1. The van der Waals surface area contributed by atoms with Crippen LogP contribution in [0.3, 0.4) is 0 Å². The van der Waals surface area contributed by atoms with Crippen LogP contribution in [-0.2, 0) is 6.61 Å². The number of hydrogen-bond acceptors (Lipinski definition) is 2. The van der Waals surface area contributed by atoms with Crippen molar-refractivity contribution in [2.24, 2.45) is 0 Å². The largest absolute Gasteiger partial charge is 0.487 e. The van der Waals surface area contributed by atoms with E-state index >= 15 is 0 Å². The number of anilines is 1. The van der Waals surface area contributed by atoms with Crippen molar-refractivity contribution in [1.82, 2.24) is 0 Å². The molecule has 88 valence electrons. The minimum Gasteiger partial charge on any atom is -0.487 e. The molecular weight excluding hydrogens is 217 g/mol. The summed E-state index contributed by atoms with van der Waals surface area (Å²) in [5.74, 6) is 0.367. The van der Waals surface area contributed by atoms with Crippen molar-refractivity contribution in [2.45, 2.75) is 13.5 Å². The molecule has 0 saturated heterocycles. The van der Waals surface area contributed by atoms with E-state index in [1.54, 1.807) is 18.2 Å². The molecule has 17 heavy (non-hydrogen) atoms. The zero-order chi connectivity index (χ0) is 12.3. The van der Waals surface area contributed by atoms with E-state index in [0.29, 0.717) is 18.0 Å². The number of ether oxygens (including phenoxy) is 1. The molecule has 0 aliphatic rings. The molecule has 3 heteroatoms. The number of hydrogen-bond donors (Lipinski definition) is 1. The maximum atomic E-state index is 13.1. The van der Waals surface area contributed by atoms with E-state index in [1.807, 2.05) is 19.1 Å². The van der Waals surface area contributed by atoms with Crippen LogP contribution in [-0.4, -0.2) is 0 Å². The Bertz CT molecular complexity index is 525. The summed E-state index contributed by atoms with van der Waals surface area (Å²) in [6.45, 7) is 2.24. The van der Waals surface area contributed by atoms with E-state index in [-0.39, 0.29) is 5.82 Å². The van der Waals surface area contributed by atoms with Crippen molar-refractivity contribution < 1.29 is 9.13 Å². The summed E-state index contributed by atoms with van der Waals surface area (Å²) in [6, 6.07) is 11.9. The fraction of sp³-hybridized carbons (Fsp3) is 0.143. The van der Waals surface area contributed by atoms with Crippen molar-refractivity contribution >= 4 is 5.69 Å². The molecule has 0 unspecified atom stereocenters. The van der Waals surface area contributed by atoms with Crippen LogP contribution in [0.4, 0.5) is 10.1 Å². The lowest BCUT2D eigenvalue weighted by Gasteiger charge is -2.10. The summed E-state index contributed by atoms with van der Waals surface area (Å²) < 4.78 is 18.6. The summed E-state index contributed by atoms with van der Waals surface area (Å²) in [7, 11) is 0. The minimum atomic E-state index is -0.254. The molecule has 2 aromatic carbocycles. The van der Waals surface area contributed by atoms with Crippen LogP contribution >= 0.6 is 0 Å². The molecule has 0 aliphatic carbocycles. The van der Waals surface area contributed by atoms with Gasteiger partial charge < -0.3 is 10.5 Å². The van der Waals surface area contributed by atoms with Crippen molar-refractivity contribution in [3.05, 3.63) is 59.4 Å². The Morgan fingerprint density at radius 3 is 2.71 bits per heavy atom. The predicted octanol–water partition coefficient (Wildman–Crippen LogP) is 3.30. The highest BCUT2D eigenvalue weighted by molar-refractivity contribution is 5.51. The Morgan fingerprint density at radius 2 is 1.94 bits per heavy atom. The molecule has 0 bridgehead atoms. The van der Waals surface area contributed by atoms with E-state index < -0.39 is 0 Å². The van der Waals surface area contributed by atoms with Gasteiger partial charge in [-0.3, -0.25) is 0 Å². The average Bonchev–Trinajstić information content (AvgIpc) is 2.32. The maximum Gasteiger partial charge on any atom is 0.142 e. The van der Waals surface area contributed by atoms with Gasteiger partial charge in [0.2, 0.25) is 0 Å². The second-order valence-corrected chi connectivity index (χ2v) is 3.90. The third-order valence-corrected chi connectivity index (χ3v) is 2.61. The summed E-state index contributed by atoms with van der Waals surface area (Å²) in [4.78, 5) is 0. The molecule has 0 radical (unpaired) electrons. The van der Waals surface area contributed by atoms with Gasteiger partial charge in [-0.05, 0) is 42.3 Å². The van der Waals surface area contributed by atoms with Gasteiger partial charge in [0.15, 0.2) is 0 Å². The highest BCUT2D eigenvalue weighted by atomic mass is 19.1. The van der Waals surface area contributed by atoms with Gasteiger partial charge in [-0.1, -0.05) is 18.2 Å². The Morgan fingerprint density at radius 1 is 1.18 bits per heavy atom. The summed E-state index contributed by atoms with van der Waals surface area (Å²) in [5.41, 5.74) is 8.17. The molecule has 0 amide bonds. The van der Waals surface area contributed by atoms with Crippen molar-refractivity contribution in [3.63, 3.8) is 0 Å². The fourth-order valence-corrected chi connectivity index (χ4v) is 1.56. The van der Waals surface area contributed by atoms with Crippen LogP contribution in [0, 0.1) is 12.7 Å². The van der Waals surface area contributed by atoms with Crippen LogP contribution in [0.2, 0.25) is 0 Å². The lowest BCUT2D eigenvalue weighted by Crippen LogP contribution is -2.00. The first-order chi connectivity index (χ1) is 8.16. The van der Waals surface area contributed by atoms with Gasteiger partial charge in [-0.15, -0.1) is 0 Å². The highest BCUT2D eigenvalue weighted by Crippen LogP contribution is 2.22. The summed E-state index contributed by atoms with van der Waals surface area (Å²) in [5, 5.41) is 0. The molecule has 0 aliphatic heterocycles. The number of para-hydroxylation sites is 2. The van der Waals surface area contributed by atoms with Gasteiger partial charge in [-0.25, -0.2) is 4.39 Å². The minimum absolute atomic E-state index is 0.254. The number of nitrogen functional groups attached to an aromatic ring is 1. The van der Waals surface area contributed by atoms with Gasteiger partial charge in [0.1, 0.15) is 18.2 Å². The number of rotatable bonds is 3. The molecule has 2 nitrogen and oxygen atoms in total. The van der Waals surface area contributed by atoms with Crippen molar-refractivity contribution in [2.75, 3.05) is 5.73 Å². The Balaban J connectivity index is 2.12. The Kier molecular flexibility index (Phi) is 3.28. The Labute approximate surface area is 99.8 Å².